The van der Waals surface area contributed by atoms with E-state index in [1.54, 1.807) is 19.1 Å². The van der Waals surface area contributed by atoms with Crippen LogP contribution in [0, 0.1) is 0 Å². The summed E-state index contributed by atoms with van der Waals surface area (Å²) in [7, 11) is 1.51. The monoisotopic (exact) mass is 394 g/mol. The second-order valence-electron chi connectivity index (χ2n) is 6.37. The number of ketones is 1. The molecule has 150 valence electrons. The first-order chi connectivity index (χ1) is 14.1. The topological polar surface area (TPSA) is 82.1 Å². The van der Waals surface area contributed by atoms with E-state index in [0.29, 0.717) is 35.3 Å². The Labute approximate surface area is 168 Å². The highest BCUT2D eigenvalue weighted by Crippen LogP contribution is 2.41. The first kappa shape index (κ1) is 20.4. The van der Waals surface area contributed by atoms with Crippen molar-refractivity contribution >= 4 is 22.5 Å². The molecule has 0 aromatic heterocycles. The van der Waals surface area contributed by atoms with Gasteiger partial charge in [0.25, 0.3) is 5.78 Å². The van der Waals surface area contributed by atoms with E-state index in [0.717, 1.165) is 11.1 Å². The van der Waals surface area contributed by atoms with Gasteiger partial charge in [-0.25, -0.2) is 4.79 Å². The number of carbonyl (C=O) groups is 2. The summed E-state index contributed by atoms with van der Waals surface area (Å²) in [6.07, 6.45) is 0.581. The number of aliphatic carboxylic acids is 1. The molecule has 0 fully saturated rings. The molecule has 0 aliphatic rings. The van der Waals surface area contributed by atoms with Crippen molar-refractivity contribution in [2.75, 3.05) is 20.5 Å². The average Bonchev–Trinajstić information content (AvgIpc) is 2.73. The number of benzene rings is 3. The smallest absolute Gasteiger partial charge is 0.377 e. The minimum absolute atomic E-state index is 0.0128. The van der Waals surface area contributed by atoms with Crippen molar-refractivity contribution in [3.8, 4) is 11.5 Å². The van der Waals surface area contributed by atoms with E-state index in [9.17, 15) is 14.7 Å². The Hall–Kier alpha value is -3.38. The Bertz CT molecular complexity index is 1030. The summed E-state index contributed by atoms with van der Waals surface area (Å²) in [4.78, 5) is 23.8. The number of fused-ring (bicyclic) bond motifs is 1. The fraction of sp³-hybridized carbons (Fsp3) is 0.217. The van der Waals surface area contributed by atoms with Crippen LogP contribution < -0.4 is 9.47 Å². The first-order valence-corrected chi connectivity index (χ1v) is 9.21. The molecule has 0 aliphatic carbocycles. The Morgan fingerprint density at radius 2 is 1.76 bits per heavy atom. The van der Waals surface area contributed by atoms with Crippen LogP contribution in [0.25, 0.3) is 10.8 Å². The standard InChI is InChI=1S/C23H22O6/c1-3-28-19-13-18(21(24)23(25)26)17-11-7-10-16(12-15-8-5-4-6-9-15)20(17)22(19)29-14-27-2/h4-11,13H,3,12,14H2,1-2H3,(H,25,26). The van der Waals surface area contributed by atoms with Gasteiger partial charge in [0.1, 0.15) is 0 Å². The third kappa shape index (κ3) is 4.38. The van der Waals surface area contributed by atoms with Crippen molar-refractivity contribution in [1.82, 2.24) is 0 Å². The summed E-state index contributed by atoms with van der Waals surface area (Å²) < 4.78 is 16.6. The number of rotatable bonds is 9. The number of Topliss-reactive ketones (excluding diaryl/α,β-unsaturated/α-hetero) is 1. The molecule has 3 aromatic rings. The van der Waals surface area contributed by atoms with Crippen molar-refractivity contribution in [1.29, 1.82) is 0 Å². The lowest BCUT2D eigenvalue weighted by atomic mass is 9.93. The quantitative estimate of drug-likeness (QED) is 0.335. The molecule has 0 aliphatic heterocycles. The highest BCUT2D eigenvalue weighted by atomic mass is 16.7. The van der Waals surface area contributed by atoms with Crippen molar-refractivity contribution in [2.45, 2.75) is 13.3 Å². The molecule has 3 aromatic carbocycles. The van der Waals surface area contributed by atoms with Crippen molar-refractivity contribution < 1.29 is 28.9 Å². The van der Waals surface area contributed by atoms with Gasteiger partial charge in [-0.15, -0.1) is 0 Å². The molecule has 0 saturated heterocycles. The zero-order valence-electron chi connectivity index (χ0n) is 16.3. The van der Waals surface area contributed by atoms with Gasteiger partial charge in [0.2, 0.25) is 0 Å². The second kappa shape index (κ2) is 9.21. The number of carboxylic acid groups (broad SMARTS) is 1. The minimum atomic E-state index is -1.52. The van der Waals surface area contributed by atoms with Gasteiger partial charge in [0, 0.05) is 18.1 Å². The van der Waals surface area contributed by atoms with Crippen molar-refractivity contribution in [3.63, 3.8) is 0 Å². The maximum absolute atomic E-state index is 12.4. The number of hydrogen-bond acceptors (Lipinski definition) is 5. The van der Waals surface area contributed by atoms with Crippen LogP contribution in [0.3, 0.4) is 0 Å². The Balaban J connectivity index is 2.30. The van der Waals surface area contributed by atoms with E-state index in [1.165, 1.54) is 13.2 Å². The summed E-state index contributed by atoms with van der Waals surface area (Å²) in [6.45, 7) is 2.12. The van der Waals surface area contributed by atoms with Gasteiger partial charge >= 0.3 is 5.97 Å². The third-order valence-electron chi connectivity index (χ3n) is 4.46. The van der Waals surface area contributed by atoms with E-state index < -0.39 is 11.8 Å². The predicted octanol–water partition coefficient (Wildman–Crippen LogP) is 4.08. The molecular formula is C23H22O6. The Kier molecular flexibility index (Phi) is 6.46. The van der Waals surface area contributed by atoms with E-state index in [4.69, 9.17) is 14.2 Å². The largest absolute Gasteiger partial charge is 0.490 e. The Morgan fingerprint density at radius 3 is 2.41 bits per heavy atom. The molecule has 0 unspecified atom stereocenters. The molecule has 0 atom stereocenters. The zero-order valence-corrected chi connectivity index (χ0v) is 16.3. The van der Waals surface area contributed by atoms with Crippen molar-refractivity contribution in [2.24, 2.45) is 0 Å². The number of ether oxygens (including phenoxy) is 3. The predicted molar refractivity (Wildman–Crippen MR) is 109 cm³/mol. The van der Waals surface area contributed by atoms with Crippen LogP contribution in [-0.2, 0) is 16.0 Å². The van der Waals surface area contributed by atoms with Crippen LogP contribution in [0.5, 0.6) is 11.5 Å². The van der Waals surface area contributed by atoms with E-state index in [1.807, 2.05) is 36.4 Å². The normalized spacial score (nSPS) is 10.7. The molecular weight excluding hydrogens is 372 g/mol. The highest BCUT2D eigenvalue weighted by Gasteiger charge is 2.24. The SMILES string of the molecule is CCOc1cc(C(=O)C(=O)O)c2cccc(Cc3ccccc3)c2c1OCOC. The van der Waals surface area contributed by atoms with Gasteiger partial charge < -0.3 is 19.3 Å². The molecule has 29 heavy (non-hydrogen) atoms. The molecule has 6 heteroatoms. The fourth-order valence-electron chi connectivity index (χ4n) is 3.28. The van der Waals surface area contributed by atoms with Crippen LogP contribution in [-0.4, -0.2) is 37.4 Å². The molecule has 0 bridgehead atoms. The lowest BCUT2D eigenvalue weighted by molar-refractivity contribution is -0.131. The lowest BCUT2D eigenvalue weighted by Crippen LogP contribution is -2.14. The molecule has 0 amide bonds. The summed E-state index contributed by atoms with van der Waals surface area (Å²) in [6, 6.07) is 16.7. The summed E-state index contributed by atoms with van der Waals surface area (Å²) in [5.74, 6) is -1.78. The summed E-state index contributed by atoms with van der Waals surface area (Å²) in [5.41, 5.74) is 2.03. The van der Waals surface area contributed by atoms with Gasteiger partial charge in [-0.2, -0.15) is 0 Å². The van der Waals surface area contributed by atoms with E-state index in [2.05, 4.69) is 0 Å². The summed E-state index contributed by atoms with van der Waals surface area (Å²) >= 11 is 0. The number of carbonyl (C=O) groups excluding carboxylic acids is 1. The van der Waals surface area contributed by atoms with Crippen LogP contribution in [0.15, 0.2) is 54.6 Å². The van der Waals surface area contributed by atoms with E-state index in [-0.39, 0.29) is 12.4 Å². The molecule has 0 heterocycles. The fourth-order valence-corrected chi connectivity index (χ4v) is 3.28. The summed E-state index contributed by atoms with van der Waals surface area (Å²) in [5, 5.41) is 10.4. The van der Waals surface area contributed by atoms with Gasteiger partial charge in [-0.05, 0) is 35.9 Å². The van der Waals surface area contributed by atoms with Gasteiger partial charge in [-0.3, -0.25) is 4.79 Å². The lowest BCUT2D eigenvalue weighted by Gasteiger charge is -2.18. The second-order valence-corrected chi connectivity index (χ2v) is 6.37. The van der Waals surface area contributed by atoms with Gasteiger partial charge in [0.05, 0.1) is 6.61 Å². The molecule has 0 radical (unpaired) electrons. The molecule has 3 rings (SSSR count). The van der Waals surface area contributed by atoms with Crippen LogP contribution in [0.1, 0.15) is 28.4 Å². The van der Waals surface area contributed by atoms with Gasteiger partial charge in [0.15, 0.2) is 18.3 Å². The van der Waals surface area contributed by atoms with E-state index >= 15 is 0 Å². The van der Waals surface area contributed by atoms with Crippen LogP contribution in [0.4, 0.5) is 0 Å². The molecule has 0 spiro atoms. The molecule has 6 nitrogen and oxygen atoms in total. The Morgan fingerprint density at radius 1 is 1.00 bits per heavy atom. The van der Waals surface area contributed by atoms with Crippen LogP contribution in [0.2, 0.25) is 0 Å². The molecule has 1 N–H and O–H groups in total. The third-order valence-corrected chi connectivity index (χ3v) is 4.46. The average molecular weight is 394 g/mol. The number of carboxylic acids is 1. The van der Waals surface area contributed by atoms with Crippen LogP contribution >= 0.6 is 0 Å². The number of methoxy groups -OCH3 is 1. The highest BCUT2D eigenvalue weighted by molar-refractivity contribution is 6.42. The maximum atomic E-state index is 12.4. The molecule has 0 saturated carbocycles. The first-order valence-electron chi connectivity index (χ1n) is 9.21. The maximum Gasteiger partial charge on any atom is 0.377 e. The van der Waals surface area contributed by atoms with Crippen molar-refractivity contribution in [3.05, 3.63) is 71.3 Å². The zero-order chi connectivity index (χ0) is 20.8. The minimum Gasteiger partial charge on any atom is -0.490 e. The number of hydrogen-bond donors (Lipinski definition) is 1. The van der Waals surface area contributed by atoms with Gasteiger partial charge in [-0.1, -0.05) is 48.5 Å².